The molecule has 1 fully saturated rings. The normalized spacial score (nSPS) is 18.0. The van der Waals surface area contributed by atoms with Crippen LogP contribution < -0.4 is 0 Å². The Labute approximate surface area is 131 Å². The molecule has 2 aromatic rings. The highest BCUT2D eigenvalue weighted by Crippen LogP contribution is 2.29. The van der Waals surface area contributed by atoms with Gasteiger partial charge in [-0.05, 0) is 40.9 Å². The third-order valence-corrected chi connectivity index (χ3v) is 6.55. The van der Waals surface area contributed by atoms with Crippen molar-refractivity contribution in [1.82, 2.24) is 19.3 Å². The summed E-state index contributed by atoms with van der Waals surface area (Å²) < 4.78 is 27.5. The molecule has 112 valence electrons. The van der Waals surface area contributed by atoms with Gasteiger partial charge in [0.1, 0.15) is 0 Å². The van der Waals surface area contributed by atoms with E-state index in [1.165, 1.54) is 4.31 Å². The zero-order chi connectivity index (χ0) is 14.9. The number of hydrogen-bond acceptors (Lipinski definition) is 4. The number of aromatic nitrogens is 3. The molecule has 0 unspecified atom stereocenters. The van der Waals surface area contributed by atoms with Crippen molar-refractivity contribution >= 4 is 26.0 Å². The lowest BCUT2D eigenvalue weighted by Gasteiger charge is -2.30. The molecule has 0 spiro atoms. The van der Waals surface area contributed by atoms with Gasteiger partial charge in [0.15, 0.2) is 0 Å². The minimum atomic E-state index is -3.45. The van der Waals surface area contributed by atoms with E-state index < -0.39 is 10.0 Å². The molecule has 0 aliphatic carbocycles. The Balaban J connectivity index is 1.76. The van der Waals surface area contributed by atoms with Crippen LogP contribution in [0.25, 0.3) is 0 Å². The Bertz CT molecular complexity index is 710. The van der Waals surface area contributed by atoms with Crippen LogP contribution in [0.1, 0.15) is 18.9 Å². The highest BCUT2D eigenvalue weighted by atomic mass is 79.9. The van der Waals surface area contributed by atoms with Gasteiger partial charge in [0, 0.05) is 17.6 Å². The first kappa shape index (κ1) is 14.7. The van der Waals surface area contributed by atoms with Crippen molar-refractivity contribution in [1.29, 1.82) is 0 Å². The second-order valence-electron chi connectivity index (χ2n) is 4.92. The first-order valence-corrected chi connectivity index (χ1v) is 8.93. The van der Waals surface area contributed by atoms with Gasteiger partial charge in [-0.2, -0.15) is 19.3 Å². The summed E-state index contributed by atoms with van der Waals surface area (Å²) in [7, 11) is -3.45. The average Bonchev–Trinajstić information content (AvgIpc) is 3.02. The van der Waals surface area contributed by atoms with E-state index in [0.29, 0.717) is 22.5 Å². The summed E-state index contributed by atoms with van der Waals surface area (Å²) in [6.45, 7) is 0.964. The Kier molecular flexibility index (Phi) is 4.10. The molecule has 1 saturated heterocycles. The van der Waals surface area contributed by atoms with Crippen molar-refractivity contribution in [2.24, 2.45) is 0 Å². The summed E-state index contributed by atoms with van der Waals surface area (Å²) in [6, 6.07) is 7.08. The van der Waals surface area contributed by atoms with Gasteiger partial charge < -0.3 is 0 Å². The van der Waals surface area contributed by atoms with E-state index in [-0.39, 0.29) is 6.04 Å². The molecular formula is C13H15BrN4O2S. The fourth-order valence-corrected chi connectivity index (χ4v) is 4.95. The largest absolute Gasteiger partial charge is 0.244 e. The van der Waals surface area contributed by atoms with Gasteiger partial charge >= 0.3 is 0 Å². The van der Waals surface area contributed by atoms with Crippen molar-refractivity contribution in [3.63, 3.8) is 0 Å². The SMILES string of the molecule is O=S(=O)(c1ccccc1Br)N1CCC(n2nccn2)CC1. The molecule has 1 aliphatic rings. The molecule has 3 rings (SSSR count). The number of hydrogen-bond donors (Lipinski definition) is 0. The topological polar surface area (TPSA) is 68.1 Å². The third kappa shape index (κ3) is 2.88. The highest BCUT2D eigenvalue weighted by molar-refractivity contribution is 9.10. The lowest BCUT2D eigenvalue weighted by atomic mass is 10.1. The van der Waals surface area contributed by atoms with Gasteiger partial charge in [-0.1, -0.05) is 12.1 Å². The first-order valence-electron chi connectivity index (χ1n) is 6.69. The van der Waals surface area contributed by atoms with Gasteiger partial charge in [-0.3, -0.25) is 0 Å². The van der Waals surface area contributed by atoms with Gasteiger partial charge in [-0.15, -0.1) is 0 Å². The number of benzene rings is 1. The standard InChI is InChI=1S/C13H15BrN4O2S/c14-12-3-1-2-4-13(12)21(19,20)17-9-5-11(6-10-17)18-15-7-8-16-18/h1-4,7-8,11H,5-6,9-10H2. The number of nitrogens with zero attached hydrogens (tertiary/aromatic N) is 4. The second kappa shape index (κ2) is 5.86. The van der Waals surface area contributed by atoms with Gasteiger partial charge in [0.25, 0.3) is 0 Å². The summed E-state index contributed by atoms with van der Waals surface area (Å²) >= 11 is 3.31. The zero-order valence-corrected chi connectivity index (χ0v) is 13.7. The summed E-state index contributed by atoms with van der Waals surface area (Å²) in [6.07, 6.45) is 4.73. The lowest BCUT2D eigenvalue weighted by molar-refractivity contribution is 0.245. The van der Waals surface area contributed by atoms with Crippen LogP contribution in [0.4, 0.5) is 0 Å². The van der Waals surface area contributed by atoms with Crippen molar-refractivity contribution in [2.75, 3.05) is 13.1 Å². The smallest absolute Gasteiger partial charge is 0.207 e. The number of sulfonamides is 1. The second-order valence-corrected chi connectivity index (χ2v) is 7.68. The van der Waals surface area contributed by atoms with E-state index in [4.69, 9.17) is 0 Å². The number of piperidine rings is 1. The number of rotatable bonds is 3. The average molecular weight is 371 g/mol. The molecule has 6 nitrogen and oxygen atoms in total. The maximum Gasteiger partial charge on any atom is 0.244 e. The quantitative estimate of drug-likeness (QED) is 0.829. The Hall–Kier alpha value is -1.25. The molecule has 8 heteroatoms. The van der Waals surface area contributed by atoms with E-state index in [2.05, 4.69) is 26.1 Å². The van der Waals surface area contributed by atoms with E-state index in [9.17, 15) is 8.42 Å². The molecule has 0 amide bonds. The van der Waals surface area contributed by atoms with E-state index >= 15 is 0 Å². The molecule has 1 aromatic heterocycles. The molecule has 0 N–H and O–H groups in total. The van der Waals surface area contributed by atoms with Crippen LogP contribution in [-0.2, 0) is 10.0 Å². The van der Waals surface area contributed by atoms with Crippen LogP contribution >= 0.6 is 15.9 Å². The molecule has 0 bridgehead atoms. The number of halogens is 1. The molecule has 1 aliphatic heterocycles. The molecular weight excluding hydrogens is 356 g/mol. The van der Waals surface area contributed by atoms with Crippen LogP contribution in [0, 0.1) is 0 Å². The summed E-state index contributed by atoms with van der Waals surface area (Å²) in [5.41, 5.74) is 0. The fraction of sp³-hybridized carbons (Fsp3) is 0.385. The lowest BCUT2D eigenvalue weighted by Crippen LogP contribution is -2.39. The minimum Gasteiger partial charge on any atom is -0.207 e. The molecule has 2 heterocycles. The predicted molar refractivity (Wildman–Crippen MR) is 81.2 cm³/mol. The van der Waals surface area contributed by atoms with Crippen LogP contribution in [0.2, 0.25) is 0 Å². The molecule has 21 heavy (non-hydrogen) atoms. The Morgan fingerprint density at radius 1 is 1.10 bits per heavy atom. The van der Waals surface area contributed by atoms with Crippen molar-refractivity contribution < 1.29 is 8.42 Å². The zero-order valence-electron chi connectivity index (χ0n) is 11.3. The molecule has 0 radical (unpaired) electrons. The maximum atomic E-state index is 12.7. The van der Waals surface area contributed by atoms with Crippen LogP contribution in [-0.4, -0.2) is 40.8 Å². The van der Waals surface area contributed by atoms with Crippen molar-refractivity contribution in [3.05, 3.63) is 41.1 Å². The fourth-order valence-electron chi connectivity index (χ4n) is 2.52. The third-order valence-electron chi connectivity index (χ3n) is 3.64. The van der Waals surface area contributed by atoms with Crippen LogP contribution in [0.5, 0.6) is 0 Å². The van der Waals surface area contributed by atoms with Gasteiger partial charge in [-0.25, -0.2) is 8.42 Å². The summed E-state index contributed by atoms with van der Waals surface area (Å²) in [4.78, 5) is 1.99. The van der Waals surface area contributed by atoms with E-state index in [0.717, 1.165) is 12.8 Å². The van der Waals surface area contributed by atoms with Gasteiger partial charge in [0.05, 0.1) is 23.3 Å². The summed E-state index contributed by atoms with van der Waals surface area (Å²) in [5.74, 6) is 0. The minimum absolute atomic E-state index is 0.172. The maximum absolute atomic E-state index is 12.7. The van der Waals surface area contributed by atoms with E-state index in [1.807, 2.05) is 0 Å². The van der Waals surface area contributed by atoms with Crippen LogP contribution in [0.15, 0.2) is 46.0 Å². The molecule has 0 atom stereocenters. The first-order chi connectivity index (χ1) is 10.1. The van der Waals surface area contributed by atoms with Crippen molar-refractivity contribution in [3.8, 4) is 0 Å². The summed E-state index contributed by atoms with van der Waals surface area (Å²) in [5, 5.41) is 8.26. The van der Waals surface area contributed by atoms with Crippen LogP contribution in [0.3, 0.4) is 0 Å². The van der Waals surface area contributed by atoms with Gasteiger partial charge in [0.2, 0.25) is 10.0 Å². The Morgan fingerprint density at radius 2 is 1.71 bits per heavy atom. The van der Waals surface area contributed by atoms with E-state index in [1.54, 1.807) is 41.5 Å². The molecule has 0 saturated carbocycles. The Morgan fingerprint density at radius 3 is 2.33 bits per heavy atom. The van der Waals surface area contributed by atoms with Crippen molar-refractivity contribution in [2.45, 2.75) is 23.8 Å². The predicted octanol–water partition coefficient (Wildman–Crippen LogP) is 2.07. The highest BCUT2D eigenvalue weighted by Gasteiger charge is 2.31. The molecule has 1 aromatic carbocycles. The monoisotopic (exact) mass is 370 g/mol.